The molecular formula is C11H12FN3S. The summed E-state index contributed by atoms with van der Waals surface area (Å²) in [5, 5.41) is 3.61. The minimum Gasteiger partial charge on any atom is -0.399 e. The average Bonchev–Trinajstić information content (AvgIpc) is 2.52. The molecule has 2 aromatic rings. The van der Waals surface area contributed by atoms with E-state index in [-0.39, 0.29) is 5.82 Å². The molecule has 0 saturated heterocycles. The van der Waals surface area contributed by atoms with Gasteiger partial charge in [-0.2, -0.15) is 0 Å². The van der Waals surface area contributed by atoms with Crippen LogP contribution < -0.4 is 11.1 Å². The van der Waals surface area contributed by atoms with Gasteiger partial charge in [0.15, 0.2) is 5.13 Å². The SMILES string of the molecule is Cc1nc(Nc2cc(N)ccc2F)sc1C. The van der Waals surface area contributed by atoms with Crippen molar-refractivity contribution in [1.82, 2.24) is 4.98 Å². The molecule has 0 aliphatic heterocycles. The van der Waals surface area contributed by atoms with E-state index >= 15 is 0 Å². The Hall–Kier alpha value is -1.62. The number of anilines is 3. The van der Waals surface area contributed by atoms with E-state index < -0.39 is 0 Å². The van der Waals surface area contributed by atoms with E-state index in [1.807, 2.05) is 13.8 Å². The van der Waals surface area contributed by atoms with Crippen molar-refractivity contribution in [2.24, 2.45) is 0 Å². The molecule has 1 aromatic heterocycles. The summed E-state index contributed by atoms with van der Waals surface area (Å²) in [6.07, 6.45) is 0. The predicted octanol–water partition coefficient (Wildman–Crippen LogP) is 3.22. The molecule has 0 aliphatic carbocycles. The monoisotopic (exact) mass is 237 g/mol. The minimum absolute atomic E-state index is 0.334. The number of hydrogen-bond donors (Lipinski definition) is 2. The minimum atomic E-state index is -0.334. The van der Waals surface area contributed by atoms with Crippen LogP contribution in [-0.2, 0) is 0 Å². The highest BCUT2D eigenvalue weighted by Crippen LogP contribution is 2.27. The fraction of sp³-hybridized carbons (Fsp3) is 0.182. The van der Waals surface area contributed by atoms with Gasteiger partial charge in [0.25, 0.3) is 0 Å². The molecule has 3 nitrogen and oxygen atoms in total. The van der Waals surface area contributed by atoms with Crippen LogP contribution >= 0.6 is 11.3 Å². The lowest BCUT2D eigenvalue weighted by Crippen LogP contribution is -1.95. The van der Waals surface area contributed by atoms with E-state index in [1.165, 1.54) is 23.5 Å². The fourth-order valence-corrected chi connectivity index (χ4v) is 2.11. The maximum absolute atomic E-state index is 13.4. The molecule has 1 aromatic carbocycles. The first-order valence-electron chi connectivity index (χ1n) is 4.82. The van der Waals surface area contributed by atoms with Crippen LogP contribution in [-0.4, -0.2) is 4.98 Å². The van der Waals surface area contributed by atoms with Gasteiger partial charge in [0.2, 0.25) is 0 Å². The third-order valence-corrected chi connectivity index (χ3v) is 3.25. The van der Waals surface area contributed by atoms with Gasteiger partial charge in [-0.3, -0.25) is 0 Å². The Morgan fingerprint density at radius 1 is 1.38 bits per heavy atom. The summed E-state index contributed by atoms with van der Waals surface area (Å²) < 4.78 is 13.4. The lowest BCUT2D eigenvalue weighted by molar-refractivity contribution is 0.632. The molecule has 84 valence electrons. The lowest BCUT2D eigenvalue weighted by Gasteiger charge is -2.04. The molecule has 0 radical (unpaired) electrons. The summed E-state index contributed by atoms with van der Waals surface area (Å²) in [6, 6.07) is 4.42. The van der Waals surface area contributed by atoms with Crippen LogP contribution in [0.5, 0.6) is 0 Å². The summed E-state index contributed by atoms with van der Waals surface area (Å²) in [5.74, 6) is -0.334. The molecule has 5 heteroatoms. The molecule has 16 heavy (non-hydrogen) atoms. The van der Waals surface area contributed by atoms with Gasteiger partial charge >= 0.3 is 0 Å². The second-order valence-electron chi connectivity index (χ2n) is 3.52. The van der Waals surface area contributed by atoms with Gasteiger partial charge in [0.05, 0.1) is 11.4 Å². The van der Waals surface area contributed by atoms with Crippen molar-refractivity contribution >= 4 is 27.8 Å². The zero-order chi connectivity index (χ0) is 11.7. The summed E-state index contributed by atoms with van der Waals surface area (Å²) >= 11 is 1.49. The lowest BCUT2D eigenvalue weighted by atomic mass is 10.3. The second kappa shape index (κ2) is 4.09. The summed E-state index contributed by atoms with van der Waals surface area (Å²) in [6.45, 7) is 3.90. The summed E-state index contributed by atoms with van der Waals surface area (Å²) in [4.78, 5) is 5.39. The summed E-state index contributed by atoms with van der Waals surface area (Å²) in [7, 11) is 0. The Bertz CT molecular complexity index is 502. The van der Waals surface area contributed by atoms with E-state index in [0.717, 1.165) is 10.6 Å². The third kappa shape index (κ3) is 2.14. The Labute approximate surface area is 97.1 Å². The maximum Gasteiger partial charge on any atom is 0.187 e. The number of aryl methyl sites for hydroxylation is 2. The van der Waals surface area contributed by atoms with E-state index in [9.17, 15) is 4.39 Å². The fourth-order valence-electron chi connectivity index (χ4n) is 1.28. The van der Waals surface area contributed by atoms with Gasteiger partial charge < -0.3 is 11.1 Å². The van der Waals surface area contributed by atoms with Crippen LogP contribution in [0.2, 0.25) is 0 Å². The number of thiazole rings is 1. The number of nitrogen functional groups attached to an aromatic ring is 1. The Kier molecular flexibility index (Phi) is 2.78. The zero-order valence-electron chi connectivity index (χ0n) is 9.04. The van der Waals surface area contributed by atoms with Gasteiger partial charge in [-0.15, -0.1) is 11.3 Å². The Morgan fingerprint density at radius 3 is 2.75 bits per heavy atom. The van der Waals surface area contributed by atoms with Crippen molar-refractivity contribution in [1.29, 1.82) is 0 Å². The topological polar surface area (TPSA) is 50.9 Å². The molecule has 0 spiro atoms. The smallest absolute Gasteiger partial charge is 0.187 e. The zero-order valence-corrected chi connectivity index (χ0v) is 9.86. The maximum atomic E-state index is 13.4. The van der Waals surface area contributed by atoms with Crippen molar-refractivity contribution in [3.63, 3.8) is 0 Å². The molecule has 0 aliphatic rings. The van der Waals surface area contributed by atoms with Crippen LogP contribution in [0, 0.1) is 19.7 Å². The largest absolute Gasteiger partial charge is 0.399 e. The van der Waals surface area contributed by atoms with Gasteiger partial charge in [-0.1, -0.05) is 0 Å². The quantitative estimate of drug-likeness (QED) is 0.788. The molecule has 0 bridgehead atoms. The van der Waals surface area contributed by atoms with E-state index in [1.54, 1.807) is 6.07 Å². The number of nitrogens with one attached hydrogen (secondary N) is 1. The number of aromatic nitrogens is 1. The first-order chi connectivity index (χ1) is 7.56. The van der Waals surface area contributed by atoms with Gasteiger partial charge in [-0.25, -0.2) is 9.37 Å². The molecule has 0 fully saturated rings. The van der Waals surface area contributed by atoms with Crippen LogP contribution in [0.4, 0.5) is 20.9 Å². The van der Waals surface area contributed by atoms with Crippen molar-refractivity contribution in [2.75, 3.05) is 11.1 Å². The van der Waals surface area contributed by atoms with E-state index in [0.29, 0.717) is 16.5 Å². The molecule has 0 unspecified atom stereocenters. The highest BCUT2D eigenvalue weighted by Gasteiger charge is 2.07. The van der Waals surface area contributed by atoms with E-state index in [2.05, 4.69) is 10.3 Å². The van der Waals surface area contributed by atoms with Crippen molar-refractivity contribution in [2.45, 2.75) is 13.8 Å². The van der Waals surface area contributed by atoms with Crippen LogP contribution in [0.1, 0.15) is 10.6 Å². The molecule has 0 saturated carbocycles. The van der Waals surface area contributed by atoms with Gasteiger partial charge in [0, 0.05) is 10.6 Å². The number of nitrogens with two attached hydrogens (primary N) is 1. The van der Waals surface area contributed by atoms with Crippen LogP contribution in [0.25, 0.3) is 0 Å². The molecule has 1 heterocycles. The highest BCUT2D eigenvalue weighted by atomic mass is 32.1. The van der Waals surface area contributed by atoms with Crippen molar-refractivity contribution < 1.29 is 4.39 Å². The normalized spacial score (nSPS) is 10.4. The highest BCUT2D eigenvalue weighted by molar-refractivity contribution is 7.15. The molecule has 2 rings (SSSR count). The Morgan fingerprint density at radius 2 is 2.12 bits per heavy atom. The van der Waals surface area contributed by atoms with Crippen LogP contribution in [0.15, 0.2) is 18.2 Å². The average molecular weight is 237 g/mol. The number of halogens is 1. The third-order valence-electron chi connectivity index (χ3n) is 2.26. The standard InChI is InChI=1S/C11H12FN3S/c1-6-7(2)16-11(14-6)15-10-5-8(13)3-4-9(10)12/h3-5H,13H2,1-2H3,(H,14,15). The second-order valence-corrected chi connectivity index (χ2v) is 4.73. The van der Waals surface area contributed by atoms with Gasteiger partial charge in [-0.05, 0) is 32.0 Å². The first-order valence-corrected chi connectivity index (χ1v) is 5.64. The van der Waals surface area contributed by atoms with Crippen molar-refractivity contribution in [3.8, 4) is 0 Å². The molecular weight excluding hydrogens is 225 g/mol. The predicted molar refractivity (Wildman–Crippen MR) is 65.7 cm³/mol. The van der Waals surface area contributed by atoms with Gasteiger partial charge in [0.1, 0.15) is 5.82 Å². The number of hydrogen-bond acceptors (Lipinski definition) is 4. The van der Waals surface area contributed by atoms with Crippen LogP contribution in [0.3, 0.4) is 0 Å². The first kappa shape index (κ1) is 10.9. The molecule has 0 amide bonds. The van der Waals surface area contributed by atoms with E-state index in [4.69, 9.17) is 5.73 Å². The molecule has 0 atom stereocenters. The Balaban J connectivity index is 2.29. The number of benzene rings is 1. The number of rotatable bonds is 2. The molecule has 3 N–H and O–H groups in total. The van der Waals surface area contributed by atoms with Crippen molar-refractivity contribution in [3.05, 3.63) is 34.6 Å². The number of nitrogens with zero attached hydrogens (tertiary/aromatic N) is 1. The summed E-state index contributed by atoms with van der Waals surface area (Å²) in [5.41, 5.74) is 7.43.